The van der Waals surface area contributed by atoms with Gasteiger partial charge < -0.3 is 9.64 Å². The molecule has 0 N–H and O–H groups in total. The van der Waals surface area contributed by atoms with Gasteiger partial charge >= 0.3 is 0 Å². The average Bonchev–Trinajstić information content (AvgIpc) is 3.34. The van der Waals surface area contributed by atoms with Gasteiger partial charge in [0.2, 0.25) is 15.9 Å². The molecule has 1 amide bonds. The van der Waals surface area contributed by atoms with E-state index in [1.54, 1.807) is 32.3 Å². The molecule has 0 saturated carbocycles. The maximum Gasteiger partial charge on any atom is 0.254 e. The number of rotatable bonds is 6. The SMILES string of the molecule is COc1ncc(Cl)cc1S(=O)(=O)N1CC=C(c2nnc(-c3ccc(C(=O)N(C)C)c(Cl)c3)s2)CC1. The number of benzene rings is 1. The van der Waals surface area contributed by atoms with E-state index in [4.69, 9.17) is 27.9 Å². The molecule has 0 spiro atoms. The van der Waals surface area contributed by atoms with Crippen molar-refractivity contribution in [3.8, 4) is 16.5 Å². The number of halogens is 2. The number of carbonyl (C=O) groups excluding carboxylic acids is 1. The van der Waals surface area contributed by atoms with Gasteiger partial charge in [0, 0.05) is 38.9 Å². The number of methoxy groups -OCH3 is 1. The van der Waals surface area contributed by atoms with Crippen molar-refractivity contribution in [2.24, 2.45) is 0 Å². The molecule has 0 bridgehead atoms. The van der Waals surface area contributed by atoms with Crippen LogP contribution >= 0.6 is 34.5 Å². The molecule has 1 aliphatic rings. The van der Waals surface area contributed by atoms with Crippen LogP contribution in [0.4, 0.5) is 0 Å². The normalized spacial score (nSPS) is 14.5. The number of sulfonamides is 1. The van der Waals surface area contributed by atoms with E-state index >= 15 is 0 Å². The van der Waals surface area contributed by atoms with Crippen LogP contribution in [0.2, 0.25) is 10.0 Å². The highest BCUT2D eigenvalue weighted by molar-refractivity contribution is 7.89. The second-order valence-electron chi connectivity index (χ2n) is 7.81. The Labute approximate surface area is 217 Å². The van der Waals surface area contributed by atoms with Crippen molar-refractivity contribution in [2.75, 3.05) is 34.3 Å². The van der Waals surface area contributed by atoms with Crippen LogP contribution in [0.15, 0.2) is 41.4 Å². The number of amides is 1. The van der Waals surface area contributed by atoms with E-state index in [0.29, 0.717) is 27.0 Å². The molecule has 0 saturated heterocycles. The Morgan fingerprint density at radius 2 is 1.91 bits per heavy atom. The van der Waals surface area contributed by atoms with Gasteiger partial charge in [0.1, 0.15) is 14.9 Å². The zero-order valence-corrected chi connectivity index (χ0v) is 22.2. The zero-order valence-electron chi connectivity index (χ0n) is 19.0. The van der Waals surface area contributed by atoms with Gasteiger partial charge in [0.25, 0.3) is 5.91 Å². The van der Waals surface area contributed by atoms with Gasteiger partial charge in [-0.05, 0) is 30.2 Å². The number of carbonyl (C=O) groups is 1. The number of ether oxygens (including phenoxy) is 1. The third kappa shape index (κ3) is 5.19. The molecule has 9 nitrogen and oxygen atoms in total. The minimum Gasteiger partial charge on any atom is -0.480 e. The van der Waals surface area contributed by atoms with Gasteiger partial charge in [0.05, 0.1) is 22.7 Å². The third-order valence-corrected chi connectivity index (χ3v) is 8.75. The molecule has 0 atom stereocenters. The highest BCUT2D eigenvalue weighted by Gasteiger charge is 2.31. The van der Waals surface area contributed by atoms with Crippen LogP contribution in [-0.4, -0.2) is 73.0 Å². The fraction of sp³-hybridized carbons (Fsp3) is 0.273. The molecule has 0 fully saturated rings. The van der Waals surface area contributed by atoms with Crippen LogP contribution < -0.4 is 4.74 Å². The number of pyridine rings is 1. The summed E-state index contributed by atoms with van der Waals surface area (Å²) < 4.78 is 32.8. The second kappa shape index (κ2) is 10.2. The molecule has 35 heavy (non-hydrogen) atoms. The highest BCUT2D eigenvalue weighted by atomic mass is 35.5. The van der Waals surface area contributed by atoms with E-state index in [1.165, 1.54) is 39.9 Å². The van der Waals surface area contributed by atoms with E-state index in [-0.39, 0.29) is 34.8 Å². The van der Waals surface area contributed by atoms with E-state index < -0.39 is 10.0 Å². The molecule has 3 heterocycles. The summed E-state index contributed by atoms with van der Waals surface area (Å²) in [4.78, 5) is 17.6. The van der Waals surface area contributed by atoms with Gasteiger partial charge in [0.15, 0.2) is 0 Å². The quantitative estimate of drug-likeness (QED) is 0.452. The lowest BCUT2D eigenvalue weighted by Gasteiger charge is -2.25. The van der Waals surface area contributed by atoms with Crippen molar-refractivity contribution in [1.29, 1.82) is 0 Å². The Bertz CT molecular complexity index is 1420. The van der Waals surface area contributed by atoms with Crippen LogP contribution in [0.5, 0.6) is 5.88 Å². The standard InChI is InChI=1S/C22H21Cl2N5O4S2/c1-28(2)22(30)16-5-4-14(10-17(16)24)21-27-26-20(34-21)13-6-8-29(9-7-13)35(31,32)18-11-15(23)12-25-19(18)33-3/h4-6,10-12H,7-9H2,1-3H3. The average molecular weight is 554 g/mol. The predicted octanol–water partition coefficient (Wildman–Crippen LogP) is 4.10. The van der Waals surface area contributed by atoms with E-state index in [9.17, 15) is 13.2 Å². The molecule has 4 rings (SSSR count). The number of hydrogen-bond donors (Lipinski definition) is 0. The van der Waals surface area contributed by atoms with Crippen LogP contribution in [0, 0.1) is 0 Å². The van der Waals surface area contributed by atoms with E-state index in [1.807, 2.05) is 6.08 Å². The van der Waals surface area contributed by atoms with Crippen molar-refractivity contribution in [1.82, 2.24) is 24.4 Å². The van der Waals surface area contributed by atoms with Gasteiger partial charge in [-0.25, -0.2) is 13.4 Å². The van der Waals surface area contributed by atoms with Crippen molar-refractivity contribution < 1.29 is 17.9 Å². The fourth-order valence-electron chi connectivity index (χ4n) is 3.48. The van der Waals surface area contributed by atoms with E-state index in [0.717, 1.165) is 11.1 Å². The van der Waals surface area contributed by atoms with Crippen molar-refractivity contribution in [3.63, 3.8) is 0 Å². The molecule has 13 heteroatoms. The maximum absolute atomic E-state index is 13.2. The Kier molecular flexibility index (Phi) is 7.43. The minimum atomic E-state index is -3.85. The predicted molar refractivity (Wildman–Crippen MR) is 136 cm³/mol. The summed E-state index contributed by atoms with van der Waals surface area (Å²) in [6.07, 6.45) is 3.62. The Morgan fingerprint density at radius 3 is 2.54 bits per heavy atom. The summed E-state index contributed by atoms with van der Waals surface area (Å²) in [6, 6.07) is 6.48. The first kappa shape index (κ1) is 25.5. The first-order valence-corrected chi connectivity index (χ1v) is 13.4. The summed E-state index contributed by atoms with van der Waals surface area (Å²) in [7, 11) is 0.830. The smallest absolute Gasteiger partial charge is 0.254 e. The first-order valence-electron chi connectivity index (χ1n) is 10.4. The van der Waals surface area contributed by atoms with Gasteiger partial charge in [-0.15, -0.1) is 10.2 Å². The second-order valence-corrected chi connectivity index (χ2v) is 11.5. The largest absolute Gasteiger partial charge is 0.480 e. The highest BCUT2D eigenvalue weighted by Crippen LogP contribution is 2.34. The molecule has 0 radical (unpaired) electrons. The first-order chi connectivity index (χ1) is 16.6. The van der Waals surface area contributed by atoms with Crippen molar-refractivity contribution in [3.05, 3.63) is 57.2 Å². The lowest BCUT2D eigenvalue weighted by Crippen LogP contribution is -2.35. The molecule has 0 unspecified atom stereocenters. The Balaban J connectivity index is 1.53. The monoisotopic (exact) mass is 553 g/mol. The minimum absolute atomic E-state index is 0.00472. The number of hydrogen-bond acceptors (Lipinski definition) is 8. The topological polar surface area (TPSA) is 106 Å². The van der Waals surface area contributed by atoms with Crippen molar-refractivity contribution >= 4 is 56.0 Å². The molecule has 1 aromatic carbocycles. The third-order valence-electron chi connectivity index (χ3n) is 5.32. The van der Waals surface area contributed by atoms with Gasteiger partial charge in [-0.1, -0.05) is 46.7 Å². The van der Waals surface area contributed by atoms with Gasteiger partial charge in [-0.3, -0.25) is 4.79 Å². The number of aromatic nitrogens is 3. The van der Waals surface area contributed by atoms with Crippen LogP contribution in [0.3, 0.4) is 0 Å². The van der Waals surface area contributed by atoms with Gasteiger partial charge in [-0.2, -0.15) is 4.31 Å². The summed E-state index contributed by atoms with van der Waals surface area (Å²) in [6.45, 7) is 0.418. The number of nitrogens with zero attached hydrogens (tertiary/aromatic N) is 5. The molecular formula is C22H21Cl2N5O4S2. The lowest BCUT2D eigenvalue weighted by atomic mass is 10.1. The maximum atomic E-state index is 13.2. The Hall–Kier alpha value is -2.57. The molecule has 2 aromatic heterocycles. The summed E-state index contributed by atoms with van der Waals surface area (Å²) in [5, 5.41) is 10.4. The molecule has 1 aliphatic heterocycles. The lowest BCUT2D eigenvalue weighted by molar-refractivity contribution is 0.0828. The summed E-state index contributed by atoms with van der Waals surface area (Å²) in [5.41, 5.74) is 2.06. The summed E-state index contributed by atoms with van der Waals surface area (Å²) >= 11 is 13.7. The summed E-state index contributed by atoms with van der Waals surface area (Å²) in [5.74, 6) is -0.188. The van der Waals surface area contributed by atoms with Crippen LogP contribution in [0.25, 0.3) is 16.1 Å². The van der Waals surface area contributed by atoms with Crippen molar-refractivity contribution in [2.45, 2.75) is 11.3 Å². The molecule has 3 aromatic rings. The molecular weight excluding hydrogens is 533 g/mol. The zero-order chi connectivity index (χ0) is 25.3. The fourth-order valence-corrected chi connectivity index (χ4v) is 6.39. The molecule has 0 aliphatic carbocycles. The van der Waals surface area contributed by atoms with E-state index in [2.05, 4.69) is 15.2 Å². The van der Waals surface area contributed by atoms with Crippen LogP contribution in [0.1, 0.15) is 21.8 Å². The Morgan fingerprint density at radius 1 is 1.17 bits per heavy atom. The van der Waals surface area contributed by atoms with Crippen LogP contribution in [-0.2, 0) is 10.0 Å². The molecule has 184 valence electrons.